The Labute approximate surface area is 157 Å². The summed E-state index contributed by atoms with van der Waals surface area (Å²) in [5.41, 5.74) is 5.60. The molecule has 1 aromatic carbocycles. The minimum absolute atomic E-state index is 0. The number of rotatable bonds is 2. The van der Waals surface area contributed by atoms with E-state index < -0.39 is 0 Å². The minimum Gasteiger partial charge on any atom is -0.480 e. The second-order valence-electron chi connectivity index (χ2n) is 6.52. The number of hydrogen-bond acceptors (Lipinski definition) is 6. The molecule has 0 radical (unpaired) electrons. The molecule has 0 aliphatic carbocycles. The Morgan fingerprint density at radius 1 is 1.19 bits per heavy atom. The largest absolute Gasteiger partial charge is 0.480 e. The van der Waals surface area contributed by atoms with Gasteiger partial charge in [-0.05, 0) is 42.6 Å². The van der Waals surface area contributed by atoms with Crippen molar-refractivity contribution in [2.75, 3.05) is 6.54 Å². The lowest BCUT2D eigenvalue weighted by Crippen LogP contribution is -2.24. The number of nitrogens with zero attached hydrogens (tertiary/aromatic N) is 3. The zero-order valence-electron chi connectivity index (χ0n) is 14.4. The number of halogens is 1. The Hall–Kier alpha value is -2.44. The number of benzene rings is 1. The number of pyridine rings is 1. The Kier molecular flexibility index (Phi) is 4.38. The summed E-state index contributed by atoms with van der Waals surface area (Å²) in [6, 6.07) is 8.03. The molecule has 3 aromatic rings. The van der Waals surface area contributed by atoms with Crippen LogP contribution in [0.5, 0.6) is 5.75 Å². The fourth-order valence-corrected chi connectivity index (χ4v) is 3.65. The summed E-state index contributed by atoms with van der Waals surface area (Å²) in [7, 11) is 0. The highest BCUT2D eigenvalue weighted by Gasteiger charge is 2.30. The van der Waals surface area contributed by atoms with Crippen LogP contribution in [-0.2, 0) is 19.4 Å². The van der Waals surface area contributed by atoms with Crippen molar-refractivity contribution < 1.29 is 9.26 Å². The highest BCUT2D eigenvalue weighted by atomic mass is 35.5. The van der Waals surface area contributed by atoms with Crippen LogP contribution >= 0.6 is 12.4 Å². The third-order valence-corrected chi connectivity index (χ3v) is 4.92. The molecule has 134 valence electrons. The molecule has 26 heavy (non-hydrogen) atoms. The van der Waals surface area contributed by atoms with Crippen molar-refractivity contribution in [3.63, 3.8) is 0 Å². The molecule has 1 atom stereocenters. The average molecular weight is 371 g/mol. The summed E-state index contributed by atoms with van der Waals surface area (Å²) in [6.07, 6.45) is 3.43. The molecule has 0 amide bonds. The van der Waals surface area contributed by atoms with Gasteiger partial charge in [0, 0.05) is 30.4 Å². The summed E-state index contributed by atoms with van der Waals surface area (Å²) in [5.74, 6) is 2.03. The third kappa shape index (κ3) is 2.75. The van der Waals surface area contributed by atoms with Gasteiger partial charge in [0.2, 0.25) is 5.82 Å². The fourth-order valence-electron chi connectivity index (χ4n) is 3.65. The van der Waals surface area contributed by atoms with Crippen molar-refractivity contribution >= 4 is 12.4 Å². The summed E-state index contributed by atoms with van der Waals surface area (Å²) >= 11 is 0. The summed E-state index contributed by atoms with van der Waals surface area (Å²) in [6.45, 7) is 3.78. The zero-order chi connectivity index (χ0) is 16.8. The minimum atomic E-state index is -0.215. The quantitative estimate of drug-likeness (QED) is 0.746. The highest BCUT2D eigenvalue weighted by Crippen LogP contribution is 2.37. The van der Waals surface area contributed by atoms with Gasteiger partial charge in [-0.3, -0.25) is 4.98 Å². The van der Waals surface area contributed by atoms with Gasteiger partial charge in [-0.25, -0.2) is 0 Å². The van der Waals surface area contributed by atoms with E-state index in [4.69, 9.17) is 9.26 Å². The van der Waals surface area contributed by atoms with Gasteiger partial charge < -0.3 is 14.6 Å². The van der Waals surface area contributed by atoms with Crippen molar-refractivity contribution in [1.82, 2.24) is 20.4 Å². The molecule has 0 saturated heterocycles. The number of para-hydroxylation sites is 1. The summed E-state index contributed by atoms with van der Waals surface area (Å²) < 4.78 is 11.5. The maximum Gasteiger partial charge on any atom is 0.268 e. The molecule has 2 aliphatic heterocycles. The van der Waals surface area contributed by atoms with E-state index in [1.165, 1.54) is 16.7 Å². The lowest BCUT2D eigenvalue weighted by molar-refractivity contribution is 0.183. The fraction of sp³-hybridized carbons (Fsp3) is 0.316. The smallest absolute Gasteiger partial charge is 0.268 e. The van der Waals surface area contributed by atoms with Crippen LogP contribution in [-0.4, -0.2) is 21.7 Å². The van der Waals surface area contributed by atoms with Crippen LogP contribution in [0.1, 0.15) is 34.4 Å². The lowest BCUT2D eigenvalue weighted by atomic mass is 9.95. The van der Waals surface area contributed by atoms with Gasteiger partial charge in [-0.2, -0.15) is 4.98 Å². The second-order valence-corrected chi connectivity index (χ2v) is 6.52. The first-order valence-electron chi connectivity index (χ1n) is 8.56. The van der Waals surface area contributed by atoms with Gasteiger partial charge >= 0.3 is 0 Å². The standard InChI is InChI=1S/C19H18N4O2.ClH/c1-11-17(14-6-7-20-9-13(14)10-21-11)18-22-19(25-23-18)16-8-12-4-2-3-5-15(12)24-16;/h2-5,10,16,20H,6-9H2,1H3;1H. The van der Waals surface area contributed by atoms with Crippen molar-refractivity contribution in [2.45, 2.75) is 32.4 Å². The normalized spacial score (nSPS) is 17.8. The third-order valence-electron chi connectivity index (χ3n) is 4.92. The number of ether oxygens (including phenoxy) is 1. The molecular weight excluding hydrogens is 352 g/mol. The van der Waals surface area contributed by atoms with Crippen molar-refractivity contribution in [1.29, 1.82) is 0 Å². The molecule has 1 unspecified atom stereocenters. The summed E-state index contributed by atoms with van der Waals surface area (Å²) in [4.78, 5) is 9.17. The maximum absolute atomic E-state index is 5.96. The maximum atomic E-state index is 5.96. The van der Waals surface area contributed by atoms with Gasteiger partial charge in [0.25, 0.3) is 5.89 Å². The second kappa shape index (κ2) is 6.70. The van der Waals surface area contributed by atoms with Crippen LogP contribution in [0.25, 0.3) is 11.4 Å². The molecule has 1 N–H and O–H groups in total. The van der Waals surface area contributed by atoms with E-state index in [1.807, 2.05) is 31.3 Å². The van der Waals surface area contributed by atoms with E-state index in [0.717, 1.165) is 42.9 Å². The van der Waals surface area contributed by atoms with Gasteiger partial charge in [-0.1, -0.05) is 23.4 Å². The topological polar surface area (TPSA) is 73.1 Å². The van der Waals surface area contributed by atoms with E-state index in [0.29, 0.717) is 11.7 Å². The van der Waals surface area contributed by atoms with E-state index in [2.05, 4.69) is 26.5 Å². The predicted molar refractivity (Wildman–Crippen MR) is 98.4 cm³/mol. The Morgan fingerprint density at radius 3 is 2.96 bits per heavy atom. The number of aryl methyl sites for hydroxylation is 1. The Morgan fingerprint density at radius 2 is 2.08 bits per heavy atom. The monoisotopic (exact) mass is 370 g/mol. The lowest BCUT2D eigenvalue weighted by Gasteiger charge is -2.19. The zero-order valence-corrected chi connectivity index (χ0v) is 15.2. The first-order valence-corrected chi connectivity index (χ1v) is 8.56. The molecule has 2 aliphatic rings. The number of aromatic nitrogens is 3. The average Bonchev–Trinajstić information content (AvgIpc) is 3.28. The van der Waals surface area contributed by atoms with E-state index >= 15 is 0 Å². The van der Waals surface area contributed by atoms with Gasteiger partial charge in [-0.15, -0.1) is 12.4 Å². The van der Waals surface area contributed by atoms with E-state index in [9.17, 15) is 0 Å². The van der Waals surface area contributed by atoms with Crippen molar-refractivity contribution in [3.8, 4) is 17.1 Å². The van der Waals surface area contributed by atoms with Gasteiger partial charge in [0.15, 0.2) is 6.10 Å². The highest BCUT2D eigenvalue weighted by molar-refractivity contribution is 5.85. The predicted octanol–water partition coefficient (Wildman–Crippen LogP) is 3.18. The molecule has 0 fully saturated rings. The molecule has 5 rings (SSSR count). The Balaban J connectivity index is 0.00000168. The van der Waals surface area contributed by atoms with Crippen LogP contribution in [0.2, 0.25) is 0 Å². The van der Waals surface area contributed by atoms with Crippen LogP contribution in [0.15, 0.2) is 35.0 Å². The number of fused-ring (bicyclic) bond motifs is 2. The van der Waals surface area contributed by atoms with Crippen molar-refractivity contribution in [2.24, 2.45) is 0 Å². The molecular formula is C19H19ClN4O2. The molecule has 7 heteroatoms. The molecule has 6 nitrogen and oxygen atoms in total. The molecule has 2 aromatic heterocycles. The van der Waals surface area contributed by atoms with Crippen LogP contribution in [0, 0.1) is 6.92 Å². The van der Waals surface area contributed by atoms with Crippen molar-refractivity contribution in [3.05, 3.63) is 58.7 Å². The first-order chi connectivity index (χ1) is 12.3. The van der Waals surface area contributed by atoms with E-state index in [1.54, 1.807) is 0 Å². The summed E-state index contributed by atoms with van der Waals surface area (Å²) in [5, 5.41) is 7.61. The molecule has 0 spiro atoms. The van der Waals surface area contributed by atoms with E-state index in [-0.39, 0.29) is 18.5 Å². The van der Waals surface area contributed by atoms with Crippen LogP contribution in [0.3, 0.4) is 0 Å². The Bertz CT molecular complexity index is 931. The van der Waals surface area contributed by atoms with Gasteiger partial charge in [0.1, 0.15) is 5.75 Å². The van der Waals surface area contributed by atoms with Crippen LogP contribution in [0.4, 0.5) is 0 Å². The SMILES string of the molecule is Cc1ncc2c(c1-c1noc(C3Cc4ccccc4O3)n1)CCNC2.Cl. The molecule has 4 heterocycles. The number of hydrogen-bond donors (Lipinski definition) is 1. The number of nitrogens with one attached hydrogen (secondary N) is 1. The van der Waals surface area contributed by atoms with Gasteiger partial charge in [0.05, 0.1) is 0 Å². The molecule has 0 saturated carbocycles. The van der Waals surface area contributed by atoms with Crippen LogP contribution < -0.4 is 10.1 Å². The molecule has 0 bridgehead atoms. The first kappa shape index (κ1) is 17.0.